The van der Waals surface area contributed by atoms with E-state index in [1.54, 1.807) is 6.07 Å². The average molecular weight is 210 g/mol. The topological polar surface area (TPSA) is 47.6 Å². The molecule has 1 aromatic rings. The monoisotopic (exact) mass is 210 g/mol. The van der Waals surface area contributed by atoms with Crippen molar-refractivity contribution < 1.29 is 9.13 Å². The molecule has 3 nitrogen and oxygen atoms in total. The number of halogens is 1. The van der Waals surface area contributed by atoms with Gasteiger partial charge >= 0.3 is 0 Å². The predicted octanol–water partition coefficient (Wildman–Crippen LogP) is 1.95. The minimum absolute atomic E-state index is 0.112. The minimum atomic E-state index is -0.404. The third kappa shape index (κ3) is 2.94. The normalized spacial score (nSPS) is 11.9. The summed E-state index contributed by atoms with van der Waals surface area (Å²) in [5.74, 6) is 0.163. The van der Waals surface area contributed by atoms with Crippen molar-refractivity contribution >= 4 is 5.84 Å². The van der Waals surface area contributed by atoms with Gasteiger partial charge in [0.2, 0.25) is 0 Å². The van der Waals surface area contributed by atoms with Gasteiger partial charge in [-0.1, -0.05) is 0 Å². The van der Waals surface area contributed by atoms with Crippen LogP contribution in [0.4, 0.5) is 4.39 Å². The molecule has 0 fully saturated rings. The lowest BCUT2D eigenvalue weighted by atomic mass is 10.2. The zero-order chi connectivity index (χ0) is 11.4. The highest BCUT2D eigenvalue weighted by atomic mass is 19.1. The van der Waals surface area contributed by atoms with Crippen LogP contribution in [0.25, 0.3) is 0 Å². The number of aliphatic imine (C=N–C) groups is 1. The molecule has 82 valence electrons. The summed E-state index contributed by atoms with van der Waals surface area (Å²) >= 11 is 0. The number of methoxy groups -OCH3 is 1. The van der Waals surface area contributed by atoms with Crippen LogP contribution < -0.4 is 10.5 Å². The number of benzene rings is 1. The van der Waals surface area contributed by atoms with Crippen LogP contribution in [0.15, 0.2) is 23.2 Å². The highest BCUT2D eigenvalue weighted by Crippen LogP contribution is 2.18. The predicted molar refractivity (Wildman–Crippen MR) is 58.8 cm³/mol. The van der Waals surface area contributed by atoms with E-state index in [0.717, 1.165) is 0 Å². The average Bonchev–Trinajstić information content (AvgIpc) is 2.17. The van der Waals surface area contributed by atoms with Crippen molar-refractivity contribution in [1.82, 2.24) is 0 Å². The number of nitrogens with two attached hydrogens (primary N) is 1. The van der Waals surface area contributed by atoms with Crippen molar-refractivity contribution in [2.24, 2.45) is 10.7 Å². The SMILES string of the molecule is COc1cc(C(N)=NC(C)C)ccc1F. The van der Waals surface area contributed by atoms with Gasteiger partial charge in [0.1, 0.15) is 5.84 Å². The first-order valence-corrected chi connectivity index (χ1v) is 4.71. The Bertz CT molecular complexity index is 375. The lowest BCUT2D eigenvalue weighted by molar-refractivity contribution is 0.386. The quantitative estimate of drug-likeness (QED) is 0.612. The minimum Gasteiger partial charge on any atom is -0.494 e. The third-order valence-corrected chi connectivity index (χ3v) is 1.84. The molecule has 0 aliphatic rings. The molecule has 0 aromatic heterocycles. The van der Waals surface area contributed by atoms with Crippen molar-refractivity contribution in [3.63, 3.8) is 0 Å². The van der Waals surface area contributed by atoms with Gasteiger partial charge in [0.05, 0.1) is 7.11 Å². The number of hydrogen-bond acceptors (Lipinski definition) is 2. The van der Waals surface area contributed by atoms with E-state index in [0.29, 0.717) is 11.4 Å². The lowest BCUT2D eigenvalue weighted by Crippen LogP contribution is -2.15. The van der Waals surface area contributed by atoms with Gasteiger partial charge in [0.15, 0.2) is 11.6 Å². The molecular formula is C11H15FN2O. The molecule has 0 atom stereocenters. The van der Waals surface area contributed by atoms with E-state index in [9.17, 15) is 4.39 Å². The van der Waals surface area contributed by atoms with Gasteiger partial charge in [-0.15, -0.1) is 0 Å². The lowest BCUT2D eigenvalue weighted by Gasteiger charge is -2.06. The van der Waals surface area contributed by atoms with Crippen LogP contribution in [0, 0.1) is 5.82 Å². The van der Waals surface area contributed by atoms with Gasteiger partial charge in [0.25, 0.3) is 0 Å². The number of nitrogens with zero attached hydrogens (tertiary/aromatic N) is 1. The Morgan fingerprint density at radius 2 is 2.13 bits per heavy atom. The van der Waals surface area contributed by atoms with Crippen molar-refractivity contribution in [2.45, 2.75) is 19.9 Å². The molecule has 0 unspecified atom stereocenters. The summed E-state index contributed by atoms with van der Waals surface area (Å²) in [5.41, 5.74) is 6.41. The van der Waals surface area contributed by atoms with Crippen LogP contribution in [0.3, 0.4) is 0 Å². The van der Waals surface area contributed by atoms with Crippen LogP contribution in [-0.4, -0.2) is 19.0 Å². The molecule has 0 bridgehead atoms. The highest BCUT2D eigenvalue weighted by Gasteiger charge is 2.06. The van der Waals surface area contributed by atoms with Gasteiger partial charge < -0.3 is 10.5 Å². The van der Waals surface area contributed by atoms with E-state index in [1.165, 1.54) is 19.2 Å². The van der Waals surface area contributed by atoms with Gasteiger partial charge in [-0.3, -0.25) is 4.99 Å². The van der Waals surface area contributed by atoms with Crippen LogP contribution in [0.1, 0.15) is 19.4 Å². The van der Waals surface area contributed by atoms with Gasteiger partial charge in [-0.2, -0.15) is 0 Å². The molecule has 1 rings (SSSR count). The van der Waals surface area contributed by atoms with Gasteiger partial charge in [-0.05, 0) is 32.0 Å². The maximum absolute atomic E-state index is 13.1. The number of ether oxygens (including phenoxy) is 1. The van der Waals surface area contributed by atoms with E-state index in [2.05, 4.69) is 4.99 Å². The smallest absolute Gasteiger partial charge is 0.165 e. The van der Waals surface area contributed by atoms with Gasteiger partial charge in [0, 0.05) is 11.6 Å². The second kappa shape index (κ2) is 4.77. The molecule has 2 N–H and O–H groups in total. The molecule has 0 amide bonds. The number of rotatable bonds is 3. The molecular weight excluding hydrogens is 195 g/mol. The van der Waals surface area contributed by atoms with Crippen LogP contribution in [0.5, 0.6) is 5.75 Å². The maximum Gasteiger partial charge on any atom is 0.165 e. The zero-order valence-corrected chi connectivity index (χ0v) is 9.12. The molecule has 0 aliphatic carbocycles. The largest absolute Gasteiger partial charge is 0.494 e. The fraction of sp³-hybridized carbons (Fsp3) is 0.364. The van der Waals surface area contributed by atoms with Gasteiger partial charge in [-0.25, -0.2) is 4.39 Å². The molecule has 0 saturated carbocycles. The van der Waals surface area contributed by atoms with Crippen LogP contribution in [0.2, 0.25) is 0 Å². The molecule has 15 heavy (non-hydrogen) atoms. The van der Waals surface area contributed by atoms with E-state index < -0.39 is 5.82 Å². The highest BCUT2D eigenvalue weighted by molar-refractivity contribution is 5.97. The standard InChI is InChI=1S/C11H15FN2O/c1-7(2)14-11(13)8-4-5-9(12)10(6-8)15-3/h4-7H,1-3H3,(H2,13,14). The summed E-state index contributed by atoms with van der Waals surface area (Å²) in [6, 6.07) is 4.55. The summed E-state index contributed by atoms with van der Waals surface area (Å²) in [7, 11) is 1.41. The fourth-order valence-electron chi connectivity index (χ4n) is 1.17. The molecule has 0 aliphatic heterocycles. The maximum atomic E-state index is 13.1. The summed E-state index contributed by atoms with van der Waals surface area (Å²) in [4.78, 5) is 4.17. The van der Waals surface area contributed by atoms with E-state index in [4.69, 9.17) is 10.5 Å². The molecule has 4 heteroatoms. The third-order valence-electron chi connectivity index (χ3n) is 1.84. The summed E-state index contributed by atoms with van der Waals surface area (Å²) < 4.78 is 17.9. The Morgan fingerprint density at radius 1 is 1.47 bits per heavy atom. The van der Waals surface area contributed by atoms with Crippen LogP contribution >= 0.6 is 0 Å². The molecule has 0 saturated heterocycles. The summed E-state index contributed by atoms with van der Waals surface area (Å²) in [6.07, 6.45) is 0. The van der Waals surface area contributed by atoms with Crippen molar-refractivity contribution in [2.75, 3.05) is 7.11 Å². The first kappa shape index (κ1) is 11.5. The molecule has 0 radical (unpaired) electrons. The Hall–Kier alpha value is -1.58. The Balaban J connectivity index is 3.06. The first-order valence-electron chi connectivity index (χ1n) is 4.71. The van der Waals surface area contributed by atoms with E-state index in [-0.39, 0.29) is 11.8 Å². The Labute approximate surface area is 88.8 Å². The Morgan fingerprint density at radius 3 is 2.67 bits per heavy atom. The second-order valence-electron chi connectivity index (χ2n) is 3.46. The number of hydrogen-bond donors (Lipinski definition) is 1. The van der Waals surface area contributed by atoms with E-state index in [1.807, 2.05) is 13.8 Å². The number of amidine groups is 1. The molecule has 0 spiro atoms. The van der Waals surface area contributed by atoms with Crippen molar-refractivity contribution in [3.8, 4) is 5.75 Å². The zero-order valence-electron chi connectivity index (χ0n) is 9.12. The van der Waals surface area contributed by atoms with Crippen molar-refractivity contribution in [1.29, 1.82) is 0 Å². The second-order valence-corrected chi connectivity index (χ2v) is 3.46. The molecule has 1 aromatic carbocycles. The van der Waals surface area contributed by atoms with Crippen molar-refractivity contribution in [3.05, 3.63) is 29.6 Å². The first-order chi connectivity index (χ1) is 7.04. The Kier molecular flexibility index (Phi) is 3.66. The van der Waals surface area contributed by atoms with E-state index >= 15 is 0 Å². The fourth-order valence-corrected chi connectivity index (χ4v) is 1.17. The molecule has 0 heterocycles. The van der Waals surface area contributed by atoms with Crippen LogP contribution in [-0.2, 0) is 0 Å². The summed E-state index contributed by atoms with van der Waals surface area (Å²) in [5, 5.41) is 0. The summed E-state index contributed by atoms with van der Waals surface area (Å²) in [6.45, 7) is 3.85.